The van der Waals surface area contributed by atoms with Gasteiger partial charge in [0.15, 0.2) is 0 Å². The van der Waals surface area contributed by atoms with Crippen molar-refractivity contribution < 1.29 is 9.84 Å². The summed E-state index contributed by atoms with van der Waals surface area (Å²) in [6.07, 6.45) is 0. The van der Waals surface area contributed by atoms with Gasteiger partial charge in [-0.2, -0.15) is 0 Å². The number of hydrogen-bond donors (Lipinski definition) is 1. The molecule has 0 aliphatic carbocycles. The standard InChI is InChI=1S/C16H12Cl2O2/c1-9-12-6-11(18)3-5-16(12)20-8-14(9)13-7-10(17)2-4-15(13)19/h2-7,19H,8H2,1H3. The van der Waals surface area contributed by atoms with E-state index >= 15 is 0 Å². The zero-order valence-electron chi connectivity index (χ0n) is 10.8. The third kappa shape index (κ3) is 2.26. The highest BCUT2D eigenvalue weighted by molar-refractivity contribution is 6.31. The molecule has 0 unspecified atom stereocenters. The average molecular weight is 307 g/mol. The second-order valence-corrected chi connectivity index (χ2v) is 5.57. The van der Waals surface area contributed by atoms with E-state index in [2.05, 4.69) is 0 Å². The van der Waals surface area contributed by atoms with Gasteiger partial charge in [0.25, 0.3) is 0 Å². The normalized spacial score (nSPS) is 13.9. The van der Waals surface area contributed by atoms with Crippen LogP contribution in [0.15, 0.2) is 36.4 Å². The molecule has 0 amide bonds. The summed E-state index contributed by atoms with van der Waals surface area (Å²) >= 11 is 12.1. The molecule has 0 atom stereocenters. The summed E-state index contributed by atoms with van der Waals surface area (Å²) in [5.74, 6) is 0.995. The van der Waals surface area contributed by atoms with E-state index in [1.165, 1.54) is 0 Å². The van der Waals surface area contributed by atoms with Crippen LogP contribution in [-0.4, -0.2) is 11.7 Å². The number of halogens is 2. The Morgan fingerprint density at radius 1 is 1.00 bits per heavy atom. The first-order chi connectivity index (χ1) is 9.56. The maximum atomic E-state index is 10.0. The fraction of sp³-hybridized carbons (Fsp3) is 0.125. The number of hydrogen-bond acceptors (Lipinski definition) is 2. The van der Waals surface area contributed by atoms with Gasteiger partial charge < -0.3 is 9.84 Å². The SMILES string of the molecule is CC1=C(c2cc(Cl)ccc2O)COc2ccc(Cl)cc21. The largest absolute Gasteiger partial charge is 0.507 e. The number of phenolic OH excluding ortho intramolecular Hbond substituents is 1. The lowest BCUT2D eigenvalue weighted by Crippen LogP contribution is -2.09. The highest BCUT2D eigenvalue weighted by Crippen LogP contribution is 2.40. The fourth-order valence-electron chi connectivity index (χ4n) is 2.37. The minimum Gasteiger partial charge on any atom is -0.507 e. The summed E-state index contributed by atoms with van der Waals surface area (Å²) in [7, 11) is 0. The van der Waals surface area contributed by atoms with Gasteiger partial charge in [-0.3, -0.25) is 0 Å². The molecule has 20 heavy (non-hydrogen) atoms. The minimum absolute atomic E-state index is 0.192. The maximum absolute atomic E-state index is 10.0. The number of phenols is 1. The average Bonchev–Trinajstić information content (AvgIpc) is 2.43. The number of rotatable bonds is 1. The molecule has 102 valence electrons. The molecule has 3 rings (SSSR count). The van der Waals surface area contributed by atoms with Gasteiger partial charge in [-0.05, 0) is 48.9 Å². The molecule has 1 aliphatic heterocycles. The minimum atomic E-state index is 0.192. The van der Waals surface area contributed by atoms with Crippen LogP contribution in [0.2, 0.25) is 10.0 Å². The Hall–Kier alpha value is -1.64. The van der Waals surface area contributed by atoms with Crippen molar-refractivity contribution in [2.45, 2.75) is 6.92 Å². The number of ether oxygens (including phenoxy) is 1. The predicted molar refractivity (Wildman–Crippen MR) is 82.6 cm³/mol. The van der Waals surface area contributed by atoms with Crippen molar-refractivity contribution in [2.24, 2.45) is 0 Å². The summed E-state index contributed by atoms with van der Waals surface area (Å²) < 4.78 is 5.74. The van der Waals surface area contributed by atoms with Crippen molar-refractivity contribution in [3.63, 3.8) is 0 Å². The zero-order chi connectivity index (χ0) is 14.3. The van der Waals surface area contributed by atoms with Gasteiger partial charge in [-0.25, -0.2) is 0 Å². The molecule has 4 heteroatoms. The monoisotopic (exact) mass is 306 g/mol. The third-order valence-corrected chi connectivity index (χ3v) is 3.92. The highest BCUT2D eigenvalue weighted by Gasteiger charge is 2.20. The molecule has 0 radical (unpaired) electrons. The van der Waals surface area contributed by atoms with Crippen LogP contribution in [0.1, 0.15) is 18.1 Å². The lowest BCUT2D eigenvalue weighted by atomic mass is 9.93. The van der Waals surface area contributed by atoms with Crippen molar-refractivity contribution in [3.8, 4) is 11.5 Å². The molecule has 1 aliphatic rings. The highest BCUT2D eigenvalue weighted by atomic mass is 35.5. The number of allylic oxidation sites excluding steroid dienone is 1. The Morgan fingerprint density at radius 3 is 2.40 bits per heavy atom. The van der Waals surface area contributed by atoms with E-state index in [0.717, 1.165) is 22.5 Å². The predicted octanol–water partition coefficient (Wildman–Crippen LogP) is 5.02. The van der Waals surface area contributed by atoms with Crippen LogP contribution in [0.25, 0.3) is 11.1 Å². The molecule has 2 aromatic rings. The van der Waals surface area contributed by atoms with E-state index in [1.54, 1.807) is 24.3 Å². The first kappa shape index (κ1) is 13.3. The summed E-state index contributed by atoms with van der Waals surface area (Å²) in [5, 5.41) is 11.3. The second-order valence-electron chi connectivity index (χ2n) is 4.69. The van der Waals surface area contributed by atoms with Gasteiger partial charge in [-0.15, -0.1) is 0 Å². The van der Waals surface area contributed by atoms with Crippen LogP contribution in [0.4, 0.5) is 0 Å². The molecule has 2 aromatic carbocycles. The molecule has 0 saturated carbocycles. The maximum Gasteiger partial charge on any atom is 0.127 e. The van der Waals surface area contributed by atoms with Crippen molar-refractivity contribution >= 4 is 34.3 Å². The van der Waals surface area contributed by atoms with E-state index in [4.69, 9.17) is 27.9 Å². The number of benzene rings is 2. The van der Waals surface area contributed by atoms with E-state index in [0.29, 0.717) is 22.2 Å². The van der Waals surface area contributed by atoms with Crippen molar-refractivity contribution in [3.05, 3.63) is 57.6 Å². The van der Waals surface area contributed by atoms with E-state index < -0.39 is 0 Å². The Balaban J connectivity index is 2.19. The topological polar surface area (TPSA) is 29.5 Å². The lowest BCUT2D eigenvalue weighted by molar-refractivity contribution is 0.363. The molecule has 0 saturated heterocycles. The quantitative estimate of drug-likeness (QED) is 0.801. The van der Waals surface area contributed by atoms with E-state index in [9.17, 15) is 5.11 Å². The molecule has 1 N–H and O–H groups in total. The summed E-state index contributed by atoms with van der Waals surface area (Å²) in [4.78, 5) is 0. The van der Waals surface area contributed by atoms with Crippen LogP contribution < -0.4 is 4.74 Å². The Morgan fingerprint density at radius 2 is 1.65 bits per heavy atom. The van der Waals surface area contributed by atoms with Crippen LogP contribution in [-0.2, 0) is 0 Å². The Labute approximate surface area is 127 Å². The second kappa shape index (κ2) is 5.04. The van der Waals surface area contributed by atoms with Crippen LogP contribution in [0.3, 0.4) is 0 Å². The molecule has 2 nitrogen and oxygen atoms in total. The van der Waals surface area contributed by atoms with Gasteiger partial charge >= 0.3 is 0 Å². The van der Waals surface area contributed by atoms with Crippen LogP contribution in [0.5, 0.6) is 11.5 Å². The van der Waals surface area contributed by atoms with Gasteiger partial charge in [0.05, 0.1) is 0 Å². The summed E-state index contributed by atoms with van der Waals surface area (Å²) in [6.45, 7) is 2.39. The zero-order valence-corrected chi connectivity index (χ0v) is 12.3. The molecule has 0 bridgehead atoms. The van der Waals surface area contributed by atoms with E-state index in [1.807, 2.05) is 19.1 Å². The lowest BCUT2D eigenvalue weighted by Gasteiger charge is -2.23. The molecule has 0 fully saturated rings. The Kier molecular flexibility index (Phi) is 3.36. The fourth-order valence-corrected chi connectivity index (χ4v) is 2.72. The first-order valence-corrected chi connectivity index (χ1v) is 6.93. The molecular weight excluding hydrogens is 295 g/mol. The van der Waals surface area contributed by atoms with Crippen molar-refractivity contribution in [2.75, 3.05) is 6.61 Å². The van der Waals surface area contributed by atoms with Gasteiger partial charge in [0.2, 0.25) is 0 Å². The first-order valence-electron chi connectivity index (χ1n) is 6.17. The third-order valence-electron chi connectivity index (χ3n) is 3.45. The van der Waals surface area contributed by atoms with Gasteiger partial charge in [0.1, 0.15) is 18.1 Å². The number of fused-ring (bicyclic) bond motifs is 1. The molecule has 0 aromatic heterocycles. The molecular formula is C16H12Cl2O2. The van der Waals surface area contributed by atoms with Gasteiger partial charge in [-0.1, -0.05) is 23.2 Å². The van der Waals surface area contributed by atoms with Crippen molar-refractivity contribution in [1.82, 2.24) is 0 Å². The molecule has 1 heterocycles. The van der Waals surface area contributed by atoms with Crippen LogP contribution in [0, 0.1) is 0 Å². The number of aromatic hydroxyl groups is 1. The summed E-state index contributed by atoms with van der Waals surface area (Å²) in [6, 6.07) is 10.5. The summed E-state index contributed by atoms with van der Waals surface area (Å²) in [5.41, 5.74) is 3.59. The van der Waals surface area contributed by atoms with E-state index in [-0.39, 0.29) is 5.75 Å². The molecule has 0 spiro atoms. The van der Waals surface area contributed by atoms with Crippen molar-refractivity contribution in [1.29, 1.82) is 0 Å². The van der Waals surface area contributed by atoms with Crippen LogP contribution >= 0.6 is 23.2 Å². The van der Waals surface area contributed by atoms with Gasteiger partial charge in [0, 0.05) is 26.7 Å². The smallest absolute Gasteiger partial charge is 0.127 e. The Bertz CT molecular complexity index is 720.